The van der Waals surface area contributed by atoms with Gasteiger partial charge in [-0.15, -0.1) is 0 Å². The lowest BCUT2D eigenvalue weighted by Gasteiger charge is -2.18. The summed E-state index contributed by atoms with van der Waals surface area (Å²) in [7, 11) is 0. The molecule has 0 N–H and O–H groups in total. The number of furan rings is 2. The molecule has 0 radical (unpaired) electrons. The molecular weight excluding hydrogens is 1140 g/mol. The molecule has 18 aromatic carbocycles. The van der Waals surface area contributed by atoms with Crippen molar-refractivity contribution in [2.75, 3.05) is 0 Å². The first-order valence-corrected chi connectivity index (χ1v) is 32.4. The summed E-state index contributed by atoms with van der Waals surface area (Å²) in [5.41, 5.74) is 18.4. The Hall–Kier alpha value is -12.4. The zero-order valence-corrected chi connectivity index (χ0v) is 51.1. The van der Waals surface area contributed by atoms with Crippen molar-refractivity contribution < 1.29 is 8.83 Å². The van der Waals surface area contributed by atoms with Crippen LogP contribution in [0.5, 0.6) is 0 Å². The van der Waals surface area contributed by atoms with E-state index in [4.69, 9.17) is 8.83 Å². The molecule has 0 aliphatic heterocycles. The van der Waals surface area contributed by atoms with Gasteiger partial charge in [-0.05, 0) is 208 Å². The zero-order valence-electron chi connectivity index (χ0n) is 51.1. The minimum absolute atomic E-state index is 0.913. The van der Waals surface area contributed by atoms with E-state index < -0.39 is 0 Å². The van der Waals surface area contributed by atoms with Crippen molar-refractivity contribution in [3.05, 3.63) is 340 Å². The summed E-state index contributed by atoms with van der Waals surface area (Å²) in [5, 5.41) is 24.6. The van der Waals surface area contributed by atoms with Crippen LogP contribution in [0.2, 0.25) is 0 Å². The van der Waals surface area contributed by atoms with Gasteiger partial charge in [0, 0.05) is 21.5 Å². The summed E-state index contributed by atoms with van der Waals surface area (Å²) in [6, 6.07) is 123. The first-order chi connectivity index (χ1) is 46.6. The van der Waals surface area contributed by atoms with Gasteiger partial charge in [-0.3, -0.25) is 0 Å². The first kappa shape index (κ1) is 53.5. The lowest BCUT2D eigenvalue weighted by molar-refractivity contribution is 0.669. The normalized spacial score (nSPS) is 11.8. The van der Waals surface area contributed by atoms with E-state index >= 15 is 0 Å². The van der Waals surface area contributed by atoms with E-state index in [1.165, 1.54) is 164 Å². The Morgan fingerprint density at radius 2 is 0.415 bits per heavy atom. The lowest BCUT2D eigenvalue weighted by Crippen LogP contribution is -1.91. The molecule has 0 aliphatic rings. The standard InChI is InChI=1S/2C46H28O/c1-2-12-31-26-33(21-20-29(31)10-1)32-13-9-14-34(27-32)44-37-16-5-7-18-39(37)45(40-19-8-6-17-38(40)44)35-23-24-42-41(28-35)46-36-15-4-3-11-30(36)22-25-43(46)47-42;1-2-11-33-27-34(22-19-29(33)9-1)30-17-20-32(21-18-30)44-37-13-5-7-15-39(37)45(40-16-8-6-14-38(40)44)35-24-25-42-41(28-35)46-36-12-4-3-10-31(36)23-26-43(46)47-42/h2*1-28H. The quantitative estimate of drug-likeness (QED) is 0.155. The fourth-order valence-corrected chi connectivity index (χ4v) is 15.3. The van der Waals surface area contributed by atoms with Gasteiger partial charge in [0.05, 0.1) is 0 Å². The predicted octanol–water partition coefficient (Wildman–Crippen LogP) is 26.4. The Morgan fingerprint density at radius 1 is 0.138 bits per heavy atom. The smallest absolute Gasteiger partial charge is 0.136 e. The van der Waals surface area contributed by atoms with Crippen LogP contribution in [0.25, 0.3) is 197 Å². The van der Waals surface area contributed by atoms with Crippen LogP contribution in [0, 0.1) is 0 Å². The van der Waals surface area contributed by atoms with E-state index in [1.807, 2.05) is 0 Å². The molecule has 20 rings (SSSR count). The van der Waals surface area contributed by atoms with Crippen LogP contribution in [0.15, 0.2) is 349 Å². The number of rotatable bonds is 6. The van der Waals surface area contributed by atoms with E-state index in [1.54, 1.807) is 0 Å². The molecule has 0 aliphatic carbocycles. The van der Waals surface area contributed by atoms with Gasteiger partial charge < -0.3 is 8.83 Å². The maximum Gasteiger partial charge on any atom is 0.136 e. The molecule has 20 aromatic rings. The average molecular weight is 1190 g/mol. The molecule has 2 heteroatoms. The Balaban J connectivity index is 0.000000133. The molecule has 436 valence electrons. The molecule has 0 saturated carbocycles. The van der Waals surface area contributed by atoms with Crippen LogP contribution < -0.4 is 0 Å². The van der Waals surface area contributed by atoms with Crippen LogP contribution in [0.4, 0.5) is 0 Å². The van der Waals surface area contributed by atoms with Crippen molar-refractivity contribution in [3.8, 4) is 66.8 Å². The molecule has 0 amide bonds. The van der Waals surface area contributed by atoms with Gasteiger partial charge in [0.1, 0.15) is 22.3 Å². The molecule has 0 unspecified atom stereocenters. The summed E-state index contributed by atoms with van der Waals surface area (Å²) in [6.45, 7) is 0. The van der Waals surface area contributed by atoms with Gasteiger partial charge in [-0.25, -0.2) is 0 Å². The zero-order chi connectivity index (χ0) is 61.8. The molecule has 0 saturated heterocycles. The molecule has 0 bridgehead atoms. The maximum absolute atomic E-state index is 6.37. The Labute approximate surface area is 542 Å². The number of fused-ring (bicyclic) bond motifs is 16. The van der Waals surface area contributed by atoms with Crippen LogP contribution in [-0.2, 0) is 0 Å². The largest absolute Gasteiger partial charge is 0.456 e. The van der Waals surface area contributed by atoms with Gasteiger partial charge in [0.15, 0.2) is 0 Å². The van der Waals surface area contributed by atoms with E-state index in [9.17, 15) is 0 Å². The highest BCUT2D eigenvalue weighted by Gasteiger charge is 2.22. The van der Waals surface area contributed by atoms with E-state index in [2.05, 4.69) is 340 Å². The fraction of sp³-hybridized carbons (Fsp3) is 0. The van der Waals surface area contributed by atoms with Crippen molar-refractivity contribution in [1.29, 1.82) is 0 Å². The number of hydrogen-bond donors (Lipinski definition) is 0. The second kappa shape index (κ2) is 21.7. The van der Waals surface area contributed by atoms with Crippen molar-refractivity contribution in [3.63, 3.8) is 0 Å². The Kier molecular flexibility index (Phi) is 12.3. The third-order valence-electron chi connectivity index (χ3n) is 19.6. The van der Waals surface area contributed by atoms with E-state index in [0.29, 0.717) is 0 Å². The molecule has 2 aromatic heterocycles. The highest BCUT2D eigenvalue weighted by molar-refractivity contribution is 6.26. The van der Waals surface area contributed by atoms with E-state index in [0.717, 1.165) is 33.1 Å². The van der Waals surface area contributed by atoms with Gasteiger partial charge in [-0.2, -0.15) is 0 Å². The molecule has 2 nitrogen and oxygen atoms in total. The predicted molar refractivity (Wildman–Crippen MR) is 400 cm³/mol. The summed E-state index contributed by atoms with van der Waals surface area (Å²) < 4.78 is 12.7. The summed E-state index contributed by atoms with van der Waals surface area (Å²) in [6.07, 6.45) is 0. The monoisotopic (exact) mass is 1190 g/mol. The summed E-state index contributed by atoms with van der Waals surface area (Å²) in [4.78, 5) is 0. The van der Waals surface area contributed by atoms with Crippen molar-refractivity contribution >= 4 is 130 Å². The van der Waals surface area contributed by atoms with Crippen molar-refractivity contribution in [2.45, 2.75) is 0 Å². The average Bonchev–Trinajstić information content (AvgIpc) is 0.885. The maximum atomic E-state index is 6.37. The minimum Gasteiger partial charge on any atom is -0.456 e. The van der Waals surface area contributed by atoms with Crippen LogP contribution in [-0.4, -0.2) is 0 Å². The third-order valence-corrected chi connectivity index (χ3v) is 19.6. The first-order valence-electron chi connectivity index (χ1n) is 32.4. The topological polar surface area (TPSA) is 26.3 Å². The summed E-state index contributed by atoms with van der Waals surface area (Å²) in [5.74, 6) is 0. The van der Waals surface area contributed by atoms with Gasteiger partial charge in [-0.1, -0.05) is 285 Å². The second-order valence-electron chi connectivity index (χ2n) is 24.9. The highest BCUT2D eigenvalue weighted by atomic mass is 16.3. The Bertz CT molecular complexity index is 6360. The molecular formula is C92H56O2. The molecule has 0 spiro atoms. The number of hydrogen-bond acceptors (Lipinski definition) is 2. The fourth-order valence-electron chi connectivity index (χ4n) is 15.3. The van der Waals surface area contributed by atoms with Gasteiger partial charge >= 0.3 is 0 Å². The molecule has 0 fully saturated rings. The Morgan fingerprint density at radius 3 is 0.840 bits per heavy atom. The van der Waals surface area contributed by atoms with Crippen molar-refractivity contribution in [2.24, 2.45) is 0 Å². The summed E-state index contributed by atoms with van der Waals surface area (Å²) >= 11 is 0. The van der Waals surface area contributed by atoms with Gasteiger partial charge in [0.25, 0.3) is 0 Å². The van der Waals surface area contributed by atoms with Crippen LogP contribution in [0.3, 0.4) is 0 Å². The van der Waals surface area contributed by atoms with E-state index in [-0.39, 0.29) is 0 Å². The molecule has 2 heterocycles. The SMILES string of the molecule is c1cc(-c2ccc3ccccc3c2)cc(-c2c3ccccc3c(-c3ccc4oc5ccc6ccccc6c5c4c3)c3ccccc23)c1.c1ccc2cc(-c3ccc(-c4c5ccccc5c(-c5ccc6oc7ccc8ccccc8c7c6c5)c5ccccc45)cc3)ccc2c1. The van der Waals surface area contributed by atoms with Crippen molar-refractivity contribution in [1.82, 2.24) is 0 Å². The van der Waals surface area contributed by atoms with Crippen LogP contribution in [0.1, 0.15) is 0 Å². The third kappa shape index (κ3) is 8.72. The molecule has 0 atom stereocenters. The van der Waals surface area contributed by atoms with Gasteiger partial charge in [0.2, 0.25) is 0 Å². The number of benzene rings is 18. The molecule has 94 heavy (non-hydrogen) atoms. The minimum atomic E-state index is 0.913. The second-order valence-corrected chi connectivity index (χ2v) is 24.9. The van der Waals surface area contributed by atoms with Crippen LogP contribution >= 0.6 is 0 Å². The highest BCUT2D eigenvalue weighted by Crippen LogP contribution is 2.49. The lowest BCUT2D eigenvalue weighted by atomic mass is 9.85.